The second kappa shape index (κ2) is 4.69. The molecule has 1 rings (SSSR count). The summed E-state index contributed by atoms with van der Waals surface area (Å²) in [7, 11) is -0.715. The Morgan fingerprint density at radius 1 is 1.50 bits per heavy atom. The molecular weight excluding hydrogens is 140 g/mol. The van der Waals surface area contributed by atoms with Gasteiger partial charge < -0.3 is 4.43 Å². The van der Waals surface area contributed by atoms with Gasteiger partial charge in [0.05, 0.1) is 0 Å². The van der Waals surface area contributed by atoms with E-state index in [1.54, 1.807) is 0 Å². The molecule has 1 unspecified atom stereocenters. The predicted molar refractivity (Wildman–Crippen MR) is 46.8 cm³/mol. The molecule has 1 aliphatic heterocycles. The molecular formula is C8H16OSi. The Balaban J connectivity index is 2.07. The molecule has 0 saturated carbocycles. The van der Waals surface area contributed by atoms with E-state index >= 15 is 0 Å². The average Bonchev–Trinajstić information content (AvgIpc) is 2.03. The smallest absolute Gasteiger partial charge is 0.177 e. The molecule has 2 heteroatoms. The van der Waals surface area contributed by atoms with E-state index in [1.807, 2.05) is 6.08 Å². The fraction of sp³-hybridized carbons (Fsp3) is 0.750. The summed E-state index contributed by atoms with van der Waals surface area (Å²) in [6.45, 7) is 4.75. The molecule has 0 spiro atoms. The highest BCUT2D eigenvalue weighted by Crippen LogP contribution is 2.15. The van der Waals surface area contributed by atoms with Crippen LogP contribution in [0.15, 0.2) is 12.7 Å². The van der Waals surface area contributed by atoms with Crippen LogP contribution in [-0.4, -0.2) is 15.6 Å². The number of hydrogen-bond acceptors (Lipinski definition) is 1. The zero-order valence-corrected chi connectivity index (χ0v) is 7.67. The third-order valence-electron chi connectivity index (χ3n) is 1.97. The molecule has 1 saturated heterocycles. The monoisotopic (exact) mass is 156 g/mol. The van der Waals surface area contributed by atoms with E-state index in [2.05, 4.69) is 6.58 Å². The lowest BCUT2D eigenvalue weighted by Crippen LogP contribution is -2.22. The van der Waals surface area contributed by atoms with Crippen molar-refractivity contribution in [2.24, 2.45) is 0 Å². The lowest BCUT2D eigenvalue weighted by molar-refractivity contribution is 0.286. The highest BCUT2D eigenvalue weighted by molar-refractivity contribution is 6.51. The number of allylic oxidation sites excluding steroid dienone is 1. The van der Waals surface area contributed by atoms with Crippen molar-refractivity contribution >= 4 is 9.04 Å². The van der Waals surface area contributed by atoms with Gasteiger partial charge in [0.15, 0.2) is 9.04 Å². The van der Waals surface area contributed by atoms with Crippen molar-refractivity contribution in [3.05, 3.63) is 12.7 Å². The molecule has 0 amide bonds. The Bertz CT molecular complexity index is 97.4. The van der Waals surface area contributed by atoms with Crippen molar-refractivity contribution in [3.63, 3.8) is 0 Å². The topological polar surface area (TPSA) is 9.23 Å². The lowest BCUT2D eigenvalue weighted by Gasteiger charge is -2.20. The Morgan fingerprint density at radius 3 is 3.00 bits per heavy atom. The molecule has 0 aliphatic carbocycles. The van der Waals surface area contributed by atoms with Crippen molar-refractivity contribution in [1.29, 1.82) is 0 Å². The summed E-state index contributed by atoms with van der Waals surface area (Å²) in [5, 5.41) is 0. The maximum atomic E-state index is 5.67. The Kier molecular flexibility index (Phi) is 3.76. The standard InChI is InChI=1S/C8H16OSi/c1-2-3-7-10-8-5-4-6-9-10/h2,10H,1,3-8H2. The molecule has 0 aromatic heterocycles. The third-order valence-corrected chi connectivity index (χ3v) is 4.70. The van der Waals surface area contributed by atoms with Gasteiger partial charge in [0.1, 0.15) is 0 Å². The van der Waals surface area contributed by atoms with Gasteiger partial charge in [0.25, 0.3) is 0 Å². The van der Waals surface area contributed by atoms with Crippen molar-refractivity contribution in [1.82, 2.24) is 0 Å². The Morgan fingerprint density at radius 2 is 2.40 bits per heavy atom. The first kappa shape index (κ1) is 8.02. The van der Waals surface area contributed by atoms with E-state index in [9.17, 15) is 0 Å². The van der Waals surface area contributed by atoms with Crippen LogP contribution in [0.4, 0.5) is 0 Å². The van der Waals surface area contributed by atoms with Gasteiger partial charge >= 0.3 is 0 Å². The van der Waals surface area contributed by atoms with Crippen LogP contribution in [0.3, 0.4) is 0 Å². The molecule has 0 aromatic carbocycles. The molecule has 1 aliphatic rings. The number of hydrogen-bond donors (Lipinski definition) is 0. The highest BCUT2D eigenvalue weighted by Gasteiger charge is 2.14. The molecule has 1 atom stereocenters. The van der Waals surface area contributed by atoms with Crippen molar-refractivity contribution in [3.8, 4) is 0 Å². The quantitative estimate of drug-likeness (QED) is 0.449. The van der Waals surface area contributed by atoms with Gasteiger partial charge in [-0.2, -0.15) is 0 Å². The summed E-state index contributed by atoms with van der Waals surface area (Å²) in [6, 6.07) is 2.71. The predicted octanol–water partition coefficient (Wildman–Crippen LogP) is 2.10. The Hall–Kier alpha value is -0.0831. The average molecular weight is 156 g/mol. The summed E-state index contributed by atoms with van der Waals surface area (Å²) in [5.74, 6) is 0. The second-order valence-electron chi connectivity index (χ2n) is 2.85. The molecule has 1 heterocycles. The first-order valence-corrected chi connectivity index (χ1v) is 6.26. The first-order valence-electron chi connectivity index (χ1n) is 4.16. The fourth-order valence-corrected chi connectivity index (χ4v) is 3.81. The SMILES string of the molecule is C=CCC[SiH]1CCCCO1. The third kappa shape index (κ3) is 2.67. The minimum atomic E-state index is -0.715. The fourth-order valence-electron chi connectivity index (χ4n) is 1.34. The van der Waals surface area contributed by atoms with E-state index in [-0.39, 0.29) is 0 Å². The zero-order chi connectivity index (χ0) is 7.23. The van der Waals surface area contributed by atoms with E-state index in [4.69, 9.17) is 4.43 Å². The first-order chi connectivity index (χ1) is 4.93. The summed E-state index contributed by atoms with van der Waals surface area (Å²) in [5.41, 5.74) is 0. The maximum absolute atomic E-state index is 5.67. The van der Waals surface area contributed by atoms with Crippen LogP contribution in [0, 0.1) is 0 Å². The van der Waals surface area contributed by atoms with Gasteiger partial charge in [-0.05, 0) is 24.9 Å². The molecule has 0 bridgehead atoms. The van der Waals surface area contributed by atoms with E-state index < -0.39 is 9.04 Å². The molecule has 10 heavy (non-hydrogen) atoms. The van der Waals surface area contributed by atoms with Crippen LogP contribution in [0.2, 0.25) is 12.1 Å². The van der Waals surface area contributed by atoms with Crippen LogP contribution < -0.4 is 0 Å². The van der Waals surface area contributed by atoms with Crippen LogP contribution in [0.1, 0.15) is 19.3 Å². The molecule has 0 N–H and O–H groups in total. The van der Waals surface area contributed by atoms with Gasteiger partial charge in [0.2, 0.25) is 0 Å². The lowest BCUT2D eigenvalue weighted by atomic mass is 10.4. The largest absolute Gasteiger partial charge is 0.420 e. The van der Waals surface area contributed by atoms with E-state index in [0.29, 0.717) is 0 Å². The van der Waals surface area contributed by atoms with Crippen molar-refractivity contribution < 1.29 is 4.43 Å². The summed E-state index contributed by atoms with van der Waals surface area (Å²) in [4.78, 5) is 0. The Labute approximate surface area is 64.8 Å². The van der Waals surface area contributed by atoms with Crippen molar-refractivity contribution in [2.45, 2.75) is 31.4 Å². The van der Waals surface area contributed by atoms with Crippen LogP contribution >= 0.6 is 0 Å². The van der Waals surface area contributed by atoms with Crippen LogP contribution in [0.5, 0.6) is 0 Å². The van der Waals surface area contributed by atoms with Gasteiger partial charge in [-0.3, -0.25) is 0 Å². The minimum Gasteiger partial charge on any atom is -0.420 e. The maximum Gasteiger partial charge on any atom is 0.177 e. The summed E-state index contributed by atoms with van der Waals surface area (Å²) < 4.78 is 5.67. The minimum absolute atomic E-state index is 0.715. The zero-order valence-electron chi connectivity index (χ0n) is 6.51. The number of rotatable bonds is 3. The van der Waals surface area contributed by atoms with Gasteiger partial charge in [-0.15, -0.1) is 6.58 Å². The summed E-state index contributed by atoms with van der Waals surface area (Å²) >= 11 is 0. The summed E-state index contributed by atoms with van der Waals surface area (Å²) in [6.07, 6.45) is 5.87. The van der Waals surface area contributed by atoms with Crippen molar-refractivity contribution in [2.75, 3.05) is 6.61 Å². The normalized spacial score (nSPS) is 26.2. The molecule has 58 valence electrons. The molecule has 1 fully saturated rings. The van der Waals surface area contributed by atoms with Gasteiger partial charge in [-0.25, -0.2) is 0 Å². The molecule has 0 radical (unpaired) electrons. The van der Waals surface area contributed by atoms with Gasteiger partial charge in [-0.1, -0.05) is 12.5 Å². The molecule has 1 nitrogen and oxygen atoms in total. The molecule has 0 aromatic rings. The van der Waals surface area contributed by atoms with Crippen LogP contribution in [-0.2, 0) is 4.43 Å². The van der Waals surface area contributed by atoms with E-state index in [1.165, 1.54) is 24.9 Å². The van der Waals surface area contributed by atoms with E-state index in [0.717, 1.165) is 13.0 Å². The second-order valence-corrected chi connectivity index (χ2v) is 5.59. The highest BCUT2D eigenvalue weighted by atomic mass is 28.3. The van der Waals surface area contributed by atoms with Crippen LogP contribution in [0.25, 0.3) is 0 Å². The van der Waals surface area contributed by atoms with Gasteiger partial charge in [0, 0.05) is 6.61 Å².